The maximum absolute atomic E-state index is 10.5. The fraction of sp³-hybridized carbons (Fsp3) is 0.333. The van der Waals surface area contributed by atoms with Crippen LogP contribution in [0.1, 0.15) is 6.92 Å². The number of nitrogens with zero attached hydrogens (tertiary/aromatic N) is 1. The molecule has 0 amide bonds. The van der Waals surface area contributed by atoms with Gasteiger partial charge in [-0.15, -0.1) is 0 Å². The number of pyridine rings is 1. The summed E-state index contributed by atoms with van der Waals surface area (Å²) in [4.78, 5) is 14.6. The minimum Gasteiger partial charge on any atom is -0.481 e. The van der Waals surface area contributed by atoms with Gasteiger partial charge in [0.15, 0.2) is 0 Å². The highest BCUT2D eigenvalue weighted by Crippen LogP contribution is 2.11. The first-order valence-corrected chi connectivity index (χ1v) is 4.14. The molecule has 1 heterocycles. The summed E-state index contributed by atoms with van der Waals surface area (Å²) in [6, 6.07) is 4.44. The van der Waals surface area contributed by atoms with Crippen molar-refractivity contribution in [1.82, 2.24) is 4.98 Å². The van der Waals surface area contributed by atoms with Gasteiger partial charge in [-0.05, 0) is 13.0 Å². The molecule has 14 heavy (non-hydrogen) atoms. The molecule has 2 N–H and O–H groups in total. The number of aliphatic carboxylic acids is 1. The number of carboxylic acids is 1. The summed E-state index contributed by atoms with van der Waals surface area (Å²) in [5.41, 5.74) is 0. The second kappa shape index (κ2) is 4.45. The van der Waals surface area contributed by atoms with Crippen LogP contribution in [0.25, 0.3) is 0 Å². The number of carbonyl (C=O) groups is 1. The monoisotopic (exact) mass is 196 g/mol. The molecule has 0 fully saturated rings. The van der Waals surface area contributed by atoms with Crippen LogP contribution in [0.4, 0.5) is 5.82 Å². The molecule has 0 aliphatic rings. The second-order valence-electron chi connectivity index (χ2n) is 2.77. The zero-order chi connectivity index (χ0) is 10.6. The molecule has 5 nitrogen and oxygen atoms in total. The summed E-state index contributed by atoms with van der Waals surface area (Å²) in [6.07, 6.45) is 0. The highest BCUT2D eigenvalue weighted by molar-refractivity contribution is 5.76. The van der Waals surface area contributed by atoms with Crippen LogP contribution >= 0.6 is 0 Å². The molecule has 0 aromatic carbocycles. The molecule has 76 valence electrons. The van der Waals surface area contributed by atoms with Gasteiger partial charge >= 0.3 is 5.97 Å². The largest absolute Gasteiger partial charge is 0.481 e. The van der Waals surface area contributed by atoms with Gasteiger partial charge in [0.1, 0.15) is 11.9 Å². The van der Waals surface area contributed by atoms with Crippen LogP contribution in [0.2, 0.25) is 0 Å². The summed E-state index contributed by atoms with van der Waals surface area (Å²) < 4.78 is 4.90. The molecular formula is C9H12N2O3. The van der Waals surface area contributed by atoms with E-state index in [1.807, 2.05) is 0 Å². The number of methoxy groups -OCH3 is 1. The van der Waals surface area contributed by atoms with Crippen molar-refractivity contribution >= 4 is 11.8 Å². The van der Waals surface area contributed by atoms with E-state index in [9.17, 15) is 4.79 Å². The van der Waals surface area contributed by atoms with Crippen molar-refractivity contribution in [3.05, 3.63) is 18.2 Å². The van der Waals surface area contributed by atoms with Gasteiger partial charge < -0.3 is 15.2 Å². The molecule has 1 rings (SSSR count). The summed E-state index contributed by atoms with van der Waals surface area (Å²) in [5, 5.41) is 11.4. The third-order valence-electron chi connectivity index (χ3n) is 1.67. The van der Waals surface area contributed by atoms with Gasteiger partial charge in [-0.25, -0.2) is 0 Å². The lowest BCUT2D eigenvalue weighted by molar-refractivity contribution is -0.137. The molecule has 0 saturated carbocycles. The molecule has 0 saturated heterocycles. The van der Waals surface area contributed by atoms with E-state index in [4.69, 9.17) is 9.84 Å². The third-order valence-corrected chi connectivity index (χ3v) is 1.67. The molecule has 0 bridgehead atoms. The Kier molecular flexibility index (Phi) is 3.28. The average molecular weight is 196 g/mol. The van der Waals surface area contributed by atoms with E-state index < -0.39 is 12.0 Å². The highest BCUT2D eigenvalue weighted by Gasteiger charge is 2.10. The number of nitrogens with one attached hydrogen (secondary N) is 1. The number of aromatic nitrogens is 1. The summed E-state index contributed by atoms with van der Waals surface area (Å²) in [6.45, 7) is 1.55. The summed E-state index contributed by atoms with van der Waals surface area (Å²) in [5.74, 6) is 0.0152. The van der Waals surface area contributed by atoms with Crippen LogP contribution in [0, 0.1) is 0 Å². The molecule has 0 aliphatic heterocycles. The van der Waals surface area contributed by atoms with Gasteiger partial charge in [-0.3, -0.25) is 4.79 Å². The molecule has 1 aromatic rings. The fourth-order valence-electron chi connectivity index (χ4n) is 0.892. The average Bonchev–Trinajstić information content (AvgIpc) is 2.18. The lowest BCUT2D eigenvalue weighted by atomic mass is 10.3. The fourth-order valence-corrected chi connectivity index (χ4v) is 0.892. The first-order valence-electron chi connectivity index (χ1n) is 4.14. The normalized spacial score (nSPS) is 11.9. The van der Waals surface area contributed by atoms with Crippen LogP contribution in [0.3, 0.4) is 0 Å². The number of hydrogen-bond acceptors (Lipinski definition) is 4. The standard InChI is InChI=1S/C9H12N2O3/c1-6(9(12)13)10-7-4-3-5-8(11-7)14-2/h3-6H,1-2H3,(H,10,11)(H,12,13). The van der Waals surface area contributed by atoms with Gasteiger partial charge in [-0.2, -0.15) is 4.98 Å². The van der Waals surface area contributed by atoms with E-state index in [2.05, 4.69) is 10.3 Å². The van der Waals surface area contributed by atoms with Crippen LogP contribution in [-0.2, 0) is 4.79 Å². The number of hydrogen-bond donors (Lipinski definition) is 2. The third kappa shape index (κ3) is 2.62. The number of anilines is 1. The van der Waals surface area contributed by atoms with Gasteiger partial charge in [0.2, 0.25) is 5.88 Å². The van der Waals surface area contributed by atoms with Crippen LogP contribution < -0.4 is 10.1 Å². The molecule has 1 unspecified atom stereocenters. The number of ether oxygens (including phenoxy) is 1. The van der Waals surface area contributed by atoms with Crippen molar-refractivity contribution in [3.8, 4) is 5.88 Å². The van der Waals surface area contributed by atoms with Crippen molar-refractivity contribution in [2.75, 3.05) is 12.4 Å². The van der Waals surface area contributed by atoms with E-state index in [0.717, 1.165) is 0 Å². The van der Waals surface area contributed by atoms with Crippen LogP contribution in [0.15, 0.2) is 18.2 Å². The van der Waals surface area contributed by atoms with Gasteiger partial charge in [0.25, 0.3) is 0 Å². The zero-order valence-electron chi connectivity index (χ0n) is 8.02. The van der Waals surface area contributed by atoms with E-state index in [1.54, 1.807) is 25.1 Å². The Morgan fingerprint density at radius 3 is 2.93 bits per heavy atom. The molecule has 0 aliphatic carbocycles. The lowest BCUT2D eigenvalue weighted by Crippen LogP contribution is -2.25. The van der Waals surface area contributed by atoms with E-state index >= 15 is 0 Å². The van der Waals surface area contributed by atoms with Crippen LogP contribution in [-0.4, -0.2) is 29.2 Å². The Morgan fingerprint density at radius 2 is 2.36 bits per heavy atom. The van der Waals surface area contributed by atoms with Crippen molar-refractivity contribution in [2.45, 2.75) is 13.0 Å². The van der Waals surface area contributed by atoms with Gasteiger partial charge in [-0.1, -0.05) is 6.07 Å². The van der Waals surface area contributed by atoms with Gasteiger partial charge in [0, 0.05) is 6.07 Å². The van der Waals surface area contributed by atoms with Gasteiger partial charge in [0.05, 0.1) is 7.11 Å². The molecule has 1 aromatic heterocycles. The first-order chi connectivity index (χ1) is 6.63. The first kappa shape index (κ1) is 10.3. The summed E-state index contributed by atoms with van der Waals surface area (Å²) in [7, 11) is 1.51. The van der Waals surface area contributed by atoms with Crippen molar-refractivity contribution in [3.63, 3.8) is 0 Å². The topological polar surface area (TPSA) is 71.5 Å². The molecule has 0 radical (unpaired) electrons. The predicted molar refractivity (Wildman–Crippen MR) is 51.5 cm³/mol. The second-order valence-corrected chi connectivity index (χ2v) is 2.77. The van der Waals surface area contributed by atoms with Crippen molar-refractivity contribution in [1.29, 1.82) is 0 Å². The SMILES string of the molecule is COc1cccc(NC(C)C(=O)O)n1. The Labute approximate surface area is 81.7 Å². The van der Waals surface area contributed by atoms with Crippen LogP contribution in [0.5, 0.6) is 5.88 Å². The molecule has 0 spiro atoms. The predicted octanol–water partition coefficient (Wildman–Crippen LogP) is 0.975. The minimum atomic E-state index is -0.922. The quantitative estimate of drug-likeness (QED) is 0.750. The number of carboxylic acid groups (broad SMARTS) is 1. The van der Waals surface area contributed by atoms with Crippen molar-refractivity contribution in [2.24, 2.45) is 0 Å². The lowest BCUT2D eigenvalue weighted by Gasteiger charge is -2.10. The Bertz CT molecular complexity index is 328. The summed E-state index contributed by atoms with van der Waals surface area (Å²) >= 11 is 0. The molecular weight excluding hydrogens is 184 g/mol. The maximum Gasteiger partial charge on any atom is 0.325 e. The number of rotatable bonds is 4. The molecule has 5 heteroatoms. The zero-order valence-corrected chi connectivity index (χ0v) is 8.02. The van der Waals surface area contributed by atoms with E-state index in [1.165, 1.54) is 7.11 Å². The molecule has 1 atom stereocenters. The minimum absolute atomic E-state index is 0.451. The van der Waals surface area contributed by atoms with Crippen molar-refractivity contribution < 1.29 is 14.6 Å². The Morgan fingerprint density at radius 1 is 1.64 bits per heavy atom. The smallest absolute Gasteiger partial charge is 0.325 e. The maximum atomic E-state index is 10.5. The van der Waals surface area contributed by atoms with E-state index in [0.29, 0.717) is 11.7 Å². The Hall–Kier alpha value is -1.78. The highest BCUT2D eigenvalue weighted by atomic mass is 16.5. The Balaban J connectivity index is 2.71. The van der Waals surface area contributed by atoms with E-state index in [-0.39, 0.29) is 0 Å².